The standard InChI is InChI=1S/C13H20ClN3O2S/c1-16(2)9-11-4-3-7-17(11)20(18,19)13-8-10(14)5-6-12(13)15/h5-6,8,11H,3-4,7,9,15H2,1-2H3. The molecular formula is C13H20ClN3O2S. The highest BCUT2D eigenvalue weighted by molar-refractivity contribution is 7.89. The highest BCUT2D eigenvalue weighted by atomic mass is 35.5. The molecule has 1 saturated heterocycles. The summed E-state index contributed by atoms with van der Waals surface area (Å²) in [5.74, 6) is 0. The Morgan fingerprint density at radius 1 is 1.45 bits per heavy atom. The van der Waals surface area contributed by atoms with Crippen LogP contribution in [0.5, 0.6) is 0 Å². The van der Waals surface area contributed by atoms with E-state index in [1.807, 2.05) is 19.0 Å². The fourth-order valence-corrected chi connectivity index (χ4v) is 4.65. The third-order valence-electron chi connectivity index (χ3n) is 3.46. The molecule has 0 saturated carbocycles. The van der Waals surface area contributed by atoms with Crippen LogP contribution in [0.25, 0.3) is 0 Å². The second kappa shape index (κ2) is 5.89. The van der Waals surface area contributed by atoms with E-state index in [9.17, 15) is 8.42 Å². The van der Waals surface area contributed by atoms with Crippen molar-refractivity contribution in [2.24, 2.45) is 0 Å². The highest BCUT2D eigenvalue weighted by Crippen LogP contribution is 2.30. The molecule has 1 heterocycles. The highest BCUT2D eigenvalue weighted by Gasteiger charge is 2.36. The van der Waals surface area contributed by atoms with E-state index in [0.29, 0.717) is 18.1 Å². The maximum Gasteiger partial charge on any atom is 0.245 e. The maximum atomic E-state index is 12.8. The lowest BCUT2D eigenvalue weighted by atomic mass is 10.2. The van der Waals surface area contributed by atoms with E-state index >= 15 is 0 Å². The second-order valence-electron chi connectivity index (χ2n) is 5.36. The molecule has 1 aromatic carbocycles. The Kier molecular flexibility index (Phi) is 4.59. The van der Waals surface area contributed by atoms with Crippen LogP contribution in [-0.4, -0.2) is 50.8 Å². The van der Waals surface area contributed by atoms with Crippen LogP contribution in [0.1, 0.15) is 12.8 Å². The van der Waals surface area contributed by atoms with Crippen molar-refractivity contribution in [2.75, 3.05) is 32.9 Å². The third-order valence-corrected chi connectivity index (χ3v) is 5.70. The van der Waals surface area contributed by atoms with Crippen molar-refractivity contribution in [1.29, 1.82) is 0 Å². The molecule has 0 aliphatic carbocycles. The normalized spacial score (nSPS) is 20.7. The molecule has 0 spiro atoms. The molecule has 1 aromatic rings. The van der Waals surface area contributed by atoms with Crippen molar-refractivity contribution < 1.29 is 8.42 Å². The first-order valence-corrected chi connectivity index (χ1v) is 8.36. The molecule has 20 heavy (non-hydrogen) atoms. The van der Waals surface area contributed by atoms with Crippen LogP contribution < -0.4 is 5.73 Å². The predicted octanol–water partition coefficient (Wildman–Crippen LogP) is 1.64. The number of anilines is 1. The molecule has 2 N–H and O–H groups in total. The Morgan fingerprint density at radius 3 is 2.80 bits per heavy atom. The molecule has 0 aromatic heterocycles. The number of hydrogen-bond acceptors (Lipinski definition) is 4. The van der Waals surface area contributed by atoms with E-state index in [-0.39, 0.29) is 16.6 Å². The van der Waals surface area contributed by atoms with Crippen molar-refractivity contribution in [3.8, 4) is 0 Å². The monoisotopic (exact) mass is 317 g/mol. The van der Waals surface area contributed by atoms with Crippen molar-refractivity contribution in [3.05, 3.63) is 23.2 Å². The first kappa shape index (κ1) is 15.6. The van der Waals surface area contributed by atoms with Gasteiger partial charge in [0.1, 0.15) is 4.90 Å². The van der Waals surface area contributed by atoms with Gasteiger partial charge in [-0.2, -0.15) is 4.31 Å². The van der Waals surface area contributed by atoms with Crippen molar-refractivity contribution in [2.45, 2.75) is 23.8 Å². The molecule has 0 radical (unpaired) electrons. The molecule has 0 bridgehead atoms. The minimum Gasteiger partial charge on any atom is -0.398 e. The Labute approximate surface area is 125 Å². The Bertz CT molecular complexity index is 589. The minimum absolute atomic E-state index is 0.00613. The van der Waals surface area contributed by atoms with Crippen LogP contribution in [0, 0.1) is 0 Å². The zero-order valence-electron chi connectivity index (χ0n) is 11.7. The van der Waals surface area contributed by atoms with Crippen molar-refractivity contribution in [3.63, 3.8) is 0 Å². The number of halogens is 1. The van der Waals surface area contributed by atoms with Crippen LogP contribution in [-0.2, 0) is 10.0 Å². The van der Waals surface area contributed by atoms with Gasteiger partial charge in [-0.05, 0) is 45.1 Å². The van der Waals surface area contributed by atoms with E-state index in [4.69, 9.17) is 17.3 Å². The lowest BCUT2D eigenvalue weighted by Crippen LogP contribution is -2.41. The average Bonchev–Trinajstić information content (AvgIpc) is 2.80. The molecule has 0 amide bonds. The fourth-order valence-electron chi connectivity index (χ4n) is 2.59. The van der Waals surface area contributed by atoms with Gasteiger partial charge in [0, 0.05) is 24.2 Å². The quantitative estimate of drug-likeness (QED) is 0.857. The average molecular weight is 318 g/mol. The van der Waals surface area contributed by atoms with E-state index in [0.717, 1.165) is 12.8 Å². The number of rotatable bonds is 4. The van der Waals surface area contributed by atoms with Gasteiger partial charge in [-0.15, -0.1) is 0 Å². The molecule has 1 aliphatic rings. The number of likely N-dealkylation sites (N-methyl/N-ethyl adjacent to an activating group) is 1. The van der Waals surface area contributed by atoms with Gasteiger partial charge in [0.15, 0.2) is 0 Å². The van der Waals surface area contributed by atoms with Gasteiger partial charge < -0.3 is 10.6 Å². The molecule has 7 heteroatoms. The van der Waals surface area contributed by atoms with Crippen LogP contribution in [0.4, 0.5) is 5.69 Å². The summed E-state index contributed by atoms with van der Waals surface area (Å²) in [6.45, 7) is 1.24. The zero-order chi connectivity index (χ0) is 14.9. The van der Waals surface area contributed by atoms with Crippen LogP contribution in [0.15, 0.2) is 23.1 Å². The lowest BCUT2D eigenvalue weighted by molar-refractivity contribution is 0.291. The summed E-state index contributed by atoms with van der Waals surface area (Å²) < 4.78 is 27.1. The van der Waals surface area contributed by atoms with Gasteiger partial charge in [0.2, 0.25) is 10.0 Å². The van der Waals surface area contributed by atoms with Gasteiger partial charge in [-0.1, -0.05) is 11.6 Å². The molecule has 112 valence electrons. The second-order valence-corrected chi connectivity index (χ2v) is 7.65. The zero-order valence-corrected chi connectivity index (χ0v) is 13.3. The summed E-state index contributed by atoms with van der Waals surface area (Å²) in [6, 6.07) is 4.55. The van der Waals surface area contributed by atoms with Gasteiger partial charge in [-0.3, -0.25) is 0 Å². The Morgan fingerprint density at radius 2 is 2.15 bits per heavy atom. The van der Waals surface area contributed by atoms with E-state index in [1.165, 1.54) is 12.1 Å². The first-order valence-electron chi connectivity index (χ1n) is 6.54. The Balaban J connectivity index is 2.36. The molecular weight excluding hydrogens is 298 g/mol. The molecule has 1 atom stereocenters. The van der Waals surface area contributed by atoms with Gasteiger partial charge in [0.25, 0.3) is 0 Å². The number of nitrogens with zero attached hydrogens (tertiary/aromatic N) is 2. The van der Waals surface area contributed by atoms with Crippen molar-refractivity contribution in [1.82, 2.24) is 9.21 Å². The first-order chi connectivity index (χ1) is 9.32. The summed E-state index contributed by atoms with van der Waals surface area (Å²) in [7, 11) is 0.293. The fraction of sp³-hybridized carbons (Fsp3) is 0.538. The van der Waals surface area contributed by atoms with Gasteiger partial charge >= 0.3 is 0 Å². The number of hydrogen-bond donors (Lipinski definition) is 1. The number of nitrogen functional groups attached to an aromatic ring is 1. The summed E-state index contributed by atoms with van der Waals surface area (Å²) >= 11 is 5.90. The third kappa shape index (κ3) is 3.09. The smallest absolute Gasteiger partial charge is 0.245 e. The summed E-state index contributed by atoms with van der Waals surface area (Å²) in [5, 5.41) is 0.376. The van der Waals surface area contributed by atoms with Crippen LogP contribution >= 0.6 is 11.6 Å². The topological polar surface area (TPSA) is 66.6 Å². The summed E-state index contributed by atoms with van der Waals surface area (Å²) in [6.07, 6.45) is 1.75. The predicted molar refractivity (Wildman–Crippen MR) is 81.3 cm³/mol. The Hall–Kier alpha value is -0.820. The van der Waals surface area contributed by atoms with E-state index in [2.05, 4.69) is 0 Å². The SMILES string of the molecule is CN(C)CC1CCCN1S(=O)(=O)c1cc(Cl)ccc1N. The van der Waals surface area contributed by atoms with Gasteiger partial charge in [-0.25, -0.2) is 8.42 Å². The molecule has 1 fully saturated rings. The van der Waals surface area contributed by atoms with Crippen LogP contribution in [0.2, 0.25) is 5.02 Å². The van der Waals surface area contributed by atoms with Crippen molar-refractivity contribution >= 4 is 27.3 Å². The molecule has 1 unspecified atom stereocenters. The summed E-state index contributed by atoms with van der Waals surface area (Å²) in [5.41, 5.74) is 6.06. The van der Waals surface area contributed by atoms with Crippen LogP contribution in [0.3, 0.4) is 0 Å². The van der Waals surface area contributed by atoms with E-state index < -0.39 is 10.0 Å². The molecule has 1 aliphatic heterocycles. The largest absolute Gasteiger partial charge is 0.398 e. The van der Waals surface area contributed by atoms with Gasteiger partial charge in [0.05, 0.1) is 5.69 Å². The van der Waals surface area contributed by atoms with E-state index in [1.54, 1.807) is 10.4 Å². The lowest BCUT2D eigenvalue weighted by Gasteiger charge is -2.27. The molecule has 2 rings (SSSR count). The molecule has 5 nitrogen and oxygen atoms in total. The number of nitrogens with two attached hydrogens (primary N) is 1. The maximum absolute atomic E-state index is 12.8. The minimum atomic E-state index is -3.59. The summed E-state index contributed by atoms with van der Waals surface area (Å²) in [4.78, 5) is 2.11. The number of benzene rings is 1. The number of sulfonamides is 1.